The van der Waals surface area contributed by atoms with Gasteiger partial charge >= 0.3 is 5.97 Å². The van der Waals surface area contributed by atoms with Crippen LogP contribution in [0.15, 0.2) is 0 Å². The van der Waals surface area contributed by atoms with Crippen molar-refractivity contribution in [2.24, 2.45) is 0 Å². The molecule has 0 saturated heterocycles. The zero-order valence-electron chi connectivity index (χ0n) is 34.6. The summed E-state index contributed by atoms with van der Waals surface area (Å²) >= 11 is 0. The van der Waals surface area contributed by atoms with Crippen molar-refractivity contribution in [3.63, 3.8) is 0 Å². The Labute approximate surface area is 303 Å². The van der Waals surface area contributed by atoms with Crippen molar-refractivity contribution in [3.05, 3.63) is 0 Å². The molecule has 0 rings (SSSR count). The van der Waals surface area contributed by atoms with E-state index in [1.54, 1.807) is 6.92 Å². The third-order valence-corrected chi connectivity index (χ3v) is 9.32. The summed E-state index contributed by atoms with van der Waals surface area (Å²) in [5.41, 5.74) is -0.0973. The Kier molecular flexibility index (Phi) is 37.3. The van der Waals surface area contributed by atoms with E-state index < -0.39 is 0 Å². The Bertz CT molecular complexity index is 610. The zero-order chi connectivity index (χ0) is 36.2. The van der Waals surface area contributed by atoms with Gasteiger partial charge in [-0.2, -0.15) is 0 Å². The normalized spacial score (nSPS) is 12.0. The van der Waals surface area contributed by atoms with Gasteiger partial charge in [-0.25, -0.2) is 0 Å². The van der Waals surface area contributed by atoms with Crippen LogP contribution in [-0.4, -0.2) is 36.5 Å². The first-order valence-corrected chi connectivity index (χ1v) is 21.4. The monoisotopic (exact) mass is 683 g/mol. The topological polar surface area (TPSA) is 44.8 Å². The van der Waals surface area contributed by atoms with E-state index in [1.165, 1.54) is 161 Å². The third-order valence-electron chi connectivity index (χ3n) is 9.32. The van der Waals surface area contributed by atoms with Crippen molar-refractivity contribution < 1.29 is 19.0 Å². The second kappa shape index (κ2) is 36.2. The molecule has 0 fully saturated rings. The number of hydrogen-bond acceptors (Lipinski definition) is 4. The minimum Gasteiger partial charge on any atom is -0.463 e. The van der Waals surface area contributed by atoms with Gasteiger partial charge in [-0.15, -0.1) is 0 Å². The average molecular weight is 683 g/mol. The van der Waals surface area contributed by atoms with E-state index >= 15 is 0 Å². The van der Waals surface area contributed by atoms with E-state index in [2.05, 4.69) is 55.4 Å². The van der Waals surface area contributed by atoms with Crippen molar-refractivity contribution in [2.45, 2.75) is 266 Å². The molecule has 0 amide bonds. The maximum absolute atomic E-state index is 11.5. The first-order valence-electron chi connectivity index (χ1n) is 21.4. The lowest BCUT2D eigenvalue weighted by Gasteiger charge is -2.27. The molecule has 0 unspecified atom stereocenters. The first kappa shape index (κ1) is 49.5. The summed E-state index contributed by atoms with van der Waals surface area (Å²) in [6.07, 6.45) is 38.7. The van der Waals surface area contributed by atoms with E-state index in [0.717, 1.165) is 38.9 Å². The Morgan fingerprint density at radius 3 is 1.10 bits per heavy atom. The molecule has 0 aliphatic rings. The Hall–Kier alpha value is -0.610. The molecule has 0 atom stereocenters. The van der Waals surface area contributed by atoms with Gasteiger partial charge in [-0.3, -0.25) is 4.79 Å². The highest BCUT2D eigenvalue weighted by molar-refractivity contribution is 5.66. The van der Waals surface area contributed by atoms with Crippen molar-refractivity contribution in [1.29, 1.82) is 0 Å². The Morgan fingerprint density at radius 2 is 0.792 bits per heavy atom. The van der Waals surface area contributed by atoms with Crippen molar-refractivity contribution in [1.82, 2.24) is 0 Å². The van der Waals surface area contributed by atoms with Gasteiger partial charge in [0.1, 0.15) is 6.10 Å². The molecule has 0 aromatic rings. The lowest BCUT2D eigenvalue weighted by Crippen LogP contribution is -2.29. The standard InChI is InChI=1S/C31H62O2.C13H28O2/c1-4-6-8-10-12-14-16-18-20-22-24-26-28-31(33-30(3)32)29-27-25-23-21-19-17-15-13-11-9-7-5-2;1-7-8-10-15-13(5,6)9-11-14-12(2,3)4/h31H,4-29H2,1-3H3;7-11H2,1-6H3. The van der Waals surface area contributed by atoms with Gasteiger partial charge in [0.15, 0.2) is 0 Å². The van der Waals surface area contributed by atoms with Gasteiger partial charge in [-0.1, -0.05) is 168 Å². The second-order valence-corrected chi connectivity index (χ2v) is 16.3. The van der Waals surface area contributed by atoms with E-state index in [1.807, 2.05) is 0 Å². The quantitative estimate of drug-likeness (QED) is 0.0500. The molecular weight excluding hydrogens is 592 g/mol. The number of carbonyl (C=O) groups is 1. The molecule has 0 aromatic carbocycles. The van der Waals surface area contributed by atoms with Gasteiger partial charge in [-0.05, 0) is 73.1 Å². The van der Waals surface area contributed by atoms with Crippen molar-refractivity contribution >= 4 is 5.97 Å². The minimum absolute atomic E-state index is 0.0422. The Morgan fingerprint density at radius 1 is 0.458 bits per heavy atom. The highest BCUT2D eigenvalue weighted by atomic mass is 16.5. The second-order valence-electron chi connectivity index (χ2n) is 16.3. The molecule has 0 spiro atoms. The number of rotatable bonds is 34. The smallest absolute Gasteiger partial charge is 0.302 e. The van der Waals surface area contributed by atoms with Gasteiger partial charge in [0.25, 0.3) is 0 Å². The Balaban J connectivity index is 0. The van der Waals surface area contributed by atoms with E-state index in [-0.39, 0.29) is 23.3 Å². The fourth-order valence-electron chi connectivity index (χ4n) is 6.09. The number of unbranched alkanes of at least 4 members (excludes halogenated alkanes) is 23. The molecule has 4 heteroatoms. The SMILES string of the molecule is CCCCCCCCCCCCCCC(CCCCCCCCCCCCCC)OC(C)=O.CCCCOC(C)(C)CCOC(C)(C)C. The van der Waals surface area contributed by atoms with Crippen LogP contribution in [0.4, 0.5) is 0 Å². The molecule has 290 valence electrons. The molecule has 0 heterocycles. The predicted molar refractivity (Wildman–Crippen MR) is 212 cm³/mol. The molecule has 0 aliphatic heterocycles. The van der Waals surface area contributed by atoms with Gasteiger partial charge in [0, 0.05) is 20.1 Å². The average Bonchev–Trinajstić information content (AvgIpc) is 3.01. The molecule has 0 bridgehead atoms. The molecule has 4 nitrogen and oxygen atoms in total. The predicted octanol–water partition coefficient (Wildman–Crippen LogP) is 14.9. The molecule has 0 radical (unpaired) electrons. The number of ether oxygens (including phenoxy) is 3. The minimum atomic E-state index is -0.0992. The van der Waals surface area contributed by atoms with Crippen LogP contribution in [0.5, 0.6) is 0 Å². The summed E-state index contributed by atoms with van der Waals surface area (Å²) in [5.74, 6) is -0.0992. The maximum Gasteiger partial charge on any atom is 0.302 e. The van der Waals surface area contributed by atoms with Crippen LogP contribution >= 0.6 is 0 Å². The molecule has 0 N–H and O–H groups in total. The van der Waals surface area contributed by atoms with Crippen LogP contribution in [-0.2, 0) is 19.0 Å². The fraction of sp³-hybridized carbons (Fsp3) is 0.977. The lowest BCUT2D eigenvalue weighted by molar-refractivity contribution is -0.147. The van der Waals surface area contributed by atoms with Crippen LogP contribution in [0.1, 0.15) is 249 Å². The summed E-state index contributed by atoms with van der Waals surface area (Å²) in [4.78, 5) is 11.5. The molecule has 48 heavy (non-hydrogen) atoms. The van der Waals surface area contributed by atoms with Crippen LogP contribution < -0.4 is 0 Å². The summed E-state index contributed by atoms with van der Waals surface area (Å²) in [6.45, 7) is 20.5. The summed E-state index contributed by atoms with van der Waals surface area (Å²) in [7, 11) is 0. The summed E-state index contributed by atoms with van der Waals surface area (Å²) in [6, 6.07) is 0. The third kappa shape index (κ3) is 43.4. The molecule has 0 aromatic heterocycles. The van der Waals surface area contributed by atoms with Gasteiger partial charge in [0.05, 0.1) is 11.2 Å². The fourth-order valence-corrected chi connectivity index (χ4v) is 6.09. The highest BCUT2D eigenvalue weighted by Gasteiger charge is 2.19. The van der Waals surface area contributed by atoms with E-state index in [0.29, 0.717) is 0 Å². The summed E-state index contributed by atoms with van der Waals surface area (Å²) < 4.78 is 17.1. The number of hydrogen-bond donors (Lipinski definition) is 0. The maximum atomic E-state index is 11.5. The molecular formula is C44H90O4. The zero-order valence-corrected chi connectivity index (χ0v) is 34.6. The molecule has 0 aliphatic carbocycles. The lowest BCUT2D eigenvalue weighted by atomic mass is 10.0. The van der Waals surface area contributed by atoms with Crippen LogP contribution in [0.2, 0.25) is 0 Å². The van der Waals surface area contributed by atoms with E-state index in [4.69, 9.17) is 14.2 Å². The molecule has 0 saturated carbocycles. The van der Waals surface area contributed by atoms with Crippen molar-refractivity contribution in [2.75, 3.05) is 13.2 Å². The number of esters is 1. The van der Waals surface area contributed by atoms with E-state index in [9.17, 15) is 4.79 Å². The number of carbonyl (C=O) groups excluding carboxylic acids is 1. The van der Waals surface area contributed by atoms with Gasteiger partial charge < -0.3 is 14.2 Å². The van der Waals surface area contributed by atoms with Gasteiger partial charge in [0.2, 0.25) is 0 Å². The van der Waals surface area contributed by atoms with Crippen molar-refractivity contribution in [3.8, 4) is 0 Å². The highest BCUT2D eigenvalue weighted by Crippen LogP contribution is 2.19. The van der Waals surface area contributed by atoms with Crippen LogP contribution in [0, 0.1) is 0 Å². The summed E-state index contributed by atoms with van der Waals surface area (Å²) in [5, 5.41) is 0. The largest absolute Gasteiger partial charge is 0.463 e. The first-order chi connectivity index (χ1) is 23.0. The van der Waals surface area contributed by atoms with Crippen LogP contribution in [0.3, 0.4) is 0 Å². The van der Waals surface area contributed by atoms with Crippen LogP contribution in [0.25, 0.3) is 0 Å².